The van der Waals surface area contributed by atoms with E-state index in [4.69, 9.17) is 4.74 Å². The number of carbonyl (C=O) groups is 1. The van der Waals surface area contributed by atoms with Gasteiger partial charge in [-0.2, -0.15) is 0 Å². The molecule has 0 radical (unpaired) electrons. The zero-order chi connectivity index (χ0) is 20.8. The fraction of sp³-hybridized carbons (Fsp3) is 0.286. The molecule has 1 aromatic heterocycles. The van der Waals surface area contributed by atoms with Gasteiger partial charge in [0.2, 0.25) is 0 Å². The summed E-state index contributed by atoms with van der Waals surface area (Å²) >= 11 is -2.26. The molecular weight excluding hydrogens is 390 g/mol. The molecule has 0 aliphatic rings. The summed E-state index contributed by atoms with van der Waals surface area (Å²) in [5, 5.41) is 8.60. The van der Waals surface area contributed by atoms with Gasteiger partial charge in [0, 0.05) is 30.7 Å². The fourth-order valence-electron chi connectivity index (χ4n) is 3.17. The fourth-order valence-corrected chi connectivity index (χ4v) is 3.53. The van der Waals surface area contributed by atoms with E-state index < -0.39 is 11.1 Å². The number of carbonyl (C=O) groups excluding carboxylic acids is 1. The molecule has 0 aliphatic heterocycles. The van der Waals surface area contributed by atoms with E-state index in [1.807, 2.05) is 35.8 Å². The Morgan fingerprint density at radius 2 is 1.86 bits per heavy atom. The van der Waals surface area contributed by atoms with Crippen molar-refractivity contribution in [1.29, 1.82) is 0 Å². The van der Waals surface area contributed by atoms with Crippen LogP contribution in [0.25, 0.3) is 11.4 Å². The third kappa shape index (κ3) is 4.96. The molecule has 0 aliphatic carbocycles. The van der Waals surface area contributed by atoms with Crippen LogP contribution in [0.15, 0.2) is 53.4 Å². The van der Waals surface area contributed by atoms with Crippen molar-refractivity contribution in [2.75, 3.05) is 7.11 Å². The summed E-state index contributed by atoms with van der Waals surface area (Å²) in [7, 11) is 1.62. The molecule has 2 aromatic carbocycles. The summed E-state index contributed by atoms with van der Waals surface area (Å²) in [6.07, 6.45) is 1.07. The molecule has 29 heavy (non-hydrogen) atoms. The normalized spacial score (nSPS) is 12.0. The van der Waals surface area contributed by atoms with E-state index in [9.17, 15) is 13.6 Å². The van der Waals surface area contributed by atoms with E-state index in [1.165, 1.54) is 12.1 Å². The van der Waals surface area contributed by atoms with Gasteiger partial charge < -0.3 is 13.9 Å². The first-order chi connectivity index (χ1) is 14.0. The minimum absolute atomic E-state index is 0.0606. The maximum atomic E-state index is 12.4. The zero-order valence-electron chi connectivity index (χ0n) is 16.3. The molecule has 1 heterocycles. The Balaban J connectivity index is 1.68. The molecule has 0 N–H and O–H groups in total. The summed E-state index contributed by atoms with van der Waals surface area (Å²) in [4.78, 5) is 12.6. The highest BCUT2D eigenvalue weighted by Gasteiger charge is 2.16. The van der Waals surface area contributed by atoms with E-state index in [2.05, 4.69) is 10.2 Å². The number of ether oxygens (including phenoxy) is 1. The van der Waals surface area contributed by atoms with Crippen LogP contribution in [-0.2, 0) is 35.3 Å². The summed E-state index contributed by atoms with van der Waals surface area (Å²) < 4.78 is 29.2. The van der Waals surface area contributed by atoms with Crippen molar-refractivity contribution in [3.8, 4) is 17.1 Å². The Labute approximate surface area is 172 Å². The third-order valence-electron chi connectivity index (χ3n) is 4.64. The minimum atomic E-state index is -2.26. The molecule has 0 fully saturated rings. The maximum absolute atomic E-state index is 12.4. The lowest BCUT2D eigenvalue weighted by molar-refractivity contribution is -0.118. The first-order valence-corrected chi connectivity index (χ1v) is 10.4. The monoisotopic (exact) mass is 412 g/mol. The van der Waals surface area contributed by atoms with Crippen LogP contribution in [0, 0.1) is 0 Å². The van der Waals surface area contributed by atoms with E-state index in [-0.39, 0.29) is 17.1 Å². The van der Waals surface area contributed by atoms with Crippen LogP contribution in [0.4, 0.5) is 0 Å². The molecule has 0 bridgehead atoms. The second-order valence-electron chi connectivity index (χ2n) is 6.48. The third-order valence-corrected chi connectivity index (χ3v) is 5.29. The Kier molecular flexibility index (Phi) is 6.90. The van der Waals surface area contributed by atoms with Crippen LogP contribution in [-0.4, -0.2) is 36.4 Å². The van der Waals surface area contributed by atoms with Crippen molar-refractivity contribution in [3.05, 3.63) is 59.9 Å². The molecule has 0 amide bonds. The van der Waals surface area contributed by atoms with Crippen molar-refractivity contribution in [2.24, 2.45) is 0 Å². The summed E-state index contributed by atoms with van der Waals surface area (Å²) in [6, 6.07) is 14.0. The second kappa shape index (κ2) is 9.58. The number of methoxy groups -OCH3 is 1. The molecule has 7 nitrogen and oxygen atoms in total. The zero-order valence-corrected chi connectivity index (χ0v) is 17.1. The molecule has 152 valence electrons. The van der Waals surface area contributed by atoms with Gasteiger partial charge in [0.15, 0.2) is 5.82 Å². The molecule has 1 unspecified atom stereocenters. The minimum Gasteiger partial charge on any atom is -0.768 e. The highest BCUT2D eigenvalue weighted by molar-refractivity contribution is 7.79. The van der Waals surface area contributed by atoms with Gasteiger partial charge in [-0.15, -0.1) is 10.2 Å². The lowest BCUT2D eigenvalue weighted by atomic mass is 10.1. The number of Topliss-reactive ketones (excluding diaryl/α,β-unsaturated/α-hetero) is 1. The van der Waals surface area contributed by atoms with Gasteiger partial charge in [0.25, 0.3) is 0 Å². The molecular formula is C21H22N3O4S-. The van der Waals surface area contributed by atoms with E-state index >= 15 is 0 Å². The summed E-state index contributed by atoms with van der Waals surface area (Å²) in [6.45, 7) is 2.69. The van der Waals surface area contributed by atoms with E-state index in [0.29, 0.717) is 25.2 Å². The highest BCUT2D eigenvalue weighted by atomic mass is 32.2. The number of hydrogen-bond donors (Lipinski definition) is 0. The Bertz CT molecular complexity index is 1020. The Morgan fingerprint density at radius 1 is 1.14 bits per heavy atom. The first kappa shape index (κ1) is 20.9. The molecule has 3 aromatic rings. The van der Waals surface area contributed by atoms with Crippen LogP contribution in [0.5, 0.6) is 5.75 Å². The molecule has 1 atom stereocenters. The Hall–Kier alpha value is -2.84. The highest BCUT2D eigenvalue weighted by Crippen LogP contribution is 2.28. The van der Waals surface area contributed by atoms with Crippen LogP contribution < -0.4 is 4.74 Å². The average molecular weight is 412 g/mol. The van der Waals surface area contributed by atoms with Crippen molar-refractivity contribution in [1.82, 2.24) is 14.8 Å². The lowest BCUT2D eigenvalue weighted by Gasteiger charge is -2.10. The van der Waals surface area contributed by atoms with Crippen LogP contribution in [0.2, 0.25) is 0 Å². The second-order valence-corrected chi connectivity index (χ2v) is 7.42. The molecule has 3 rings (SSSR count). The van der Waals surface area contributed by atoms with Gasteiger partial charge in [-0.05, 0) is 47.8 Å². The van der Waals surface area contributed by atoms with Gasteiger partial charge >= 0.3 is 0 Å². The lowest BCUT2D eigenvalue weighted by Crippen LogP contribution is -2.09. The van der Waals surface area contributed by atoms with Crippen LogP contribution in [0.3, 0.4) is 0 Å². The summed E-state index contributed by atoms with van der Waals surface area (Å²) in [5.74, 6) is 2.25. The van der Waals surface area contributed by atoms with Crippen molar-refractivity contribution in [3.63, 3.8) is 0 Å². The SMILES string of the molecule is CCn1c(CCC(=O)Cc2ccc(S(=O)[O-])cc2)nnc1-c1ccccc1OC. The average Bonchev–Trinajstić information content (AvgIpc) is 3.15. The molecule has 0 spiro atoms. The van der Waals surface area contributed by atoms with Crippen LogP contribution in [0.1, 0.15) is 24.7 Å². The maximum Gasteiger partial charge on any atom is 0.167 e. The smallest absolute Gasteiger partial charge is 0.167 e. The number of hydrogen-bond acceptors (Lipinski definition) is 6. The number of aryl methyl sites for hydroxylation is 1. The molecule has 8 heteroatoms. The Morgan fingerprint density at radius 3 is 2.52 bits per heavy atom. The number of aromatic nitrogens is 3. The van der Waals surface area contributed by atoms with Crippen molar-refractivity contribution >= 4 is 16.9 Å². The van der Waals surface area contributed by atoms with Crippen molar-refractivity contribution in [2.45, 2.75) is 37.6 Å². The van der Waals surface area contributed by atoms with Gasteiger partial charge in [-0.25, -0.2) is 0 Å². The van der Waals surface area contributed by atoms with E-state index in [1.54, 1.807) is 19.2 Å². The predicted molar refractivity (Wildman–Crippen MR) is 108 cm³/mol. The number of rotatable bonds is 9. The molecule has 0 saturated heterocycles. The quantitative estimate of drug-likeness (QED) is 0.501. The predicted octanol–water partition coefficient (Wildman–Crippen LogP) is 2.96. The van der Waals surface area contributed by atoms with Gasteiger partial charge in [-0.3, -0.25) is 9.00 Å². The van der Waals surface area contributed by atoms with Crippen LogP contribution >= 0.6 is 0 Å². The number of para-hydroxylation sites is 1. The van der Waals surface area contributed by atoms with Gasteiger partial charge in [0.05, 0.1) is 12.7 Å². The largest absolute Gasteiger partial charge is 0.768 e. The number of benzene rings is 2. The standard InChI is InChI=1S/C21H23N3O4S/c1-3-24-20(22-23-21(24)18-6-4-5-7-19(18)28-2)13-10-16(25)14-15-8-11-17(12-9-15)29(26)27/h4-9,11-12H,3,10,13-14H2,1-2H3,(H,26,27)/p-1. The molecule has 0 saturated carbocycles. The van der Waals surface area contributed by atoms with Gasteiger partial charge in [-0.1, -0.05) is 24.3 Å². The topological polar surface area (TPSA) is 97.1 Å². The summed E-state index contributed by atoms with van der Waals surface area (Å²) in [5.41, 5.74) is 1.65. The van der Waals surface area contributed by atoms with E-state index in [0.717, 1.165) is 22.7 Å². The first-order valence-electron chi connectivity index (χ1n) is 9.28. The van der Waals surface area contributed by atoms with Gasteiger partial charge in [0.1, 0.15) is 17.4 Å². The van der Waals surface area contributed by atoms with Crippen molar-refractivity contribution < 1.29 is 18.3 Å². The number of ketones is 1. The number of nitrogens with zero attached hydrogens (tertiary/aromatic N) is 3.